The van der Waals surface area contributed by atoms with Crippen LogP contribution in [0, 0.1) is 0 Å². The van der Waals surface area contributed by atoms with Gasteiger partial charge in [-0.3, -0.25) is 4.79 Å². The van der Waals surface area contributed by atoms with Crippen molar-refractivity contribution >= 4 is 17.5 Å². The maximum Gasteiger partial charge on any atom is 0.263 e. The Bertz CT molecular complexity index is 430. The first kappa shape index (κ1) is 16.8. The van der Waals surface area contributed by atoms with Gasteiger partial charge in [0.05, 0.1) is 0 Å². The van der Waals surface area contributed by atoms with Gasteiger partial charge in [0.15, 0.2) is 5.60 Å². The molecule has 0 aliphatic rings. The van der Waals surface area contributed by atoms with E-state index in [1.165, 1.54) is 0 Å². The fraction of sp³-hybridized carbons (Fsp3) is 0.533. The number of nitrogens with zero attached hydrogens (tertiary/aromatic N) is 1. The van der Waals surface area contributed by atoms with Crippen LogP contribution in [-0.4, -0.2) is 43.6 Å². The Morgan fingerprint density at radius 1 is 1.30 bits per heavy atom. The molecule has 0 bridgehead atoms. The smallest absolute Gasteiger partial charge is 0.263 e. The number of carbonyl (C=O) groups is 1. The van der Waals surface area contributed by atoms with Crippen molar-refractivity contribution in [3.05, 3.63) is 29.3 Å². The molecule has 0 aromatic heterocycles. The summed E-state index contributed by atoms with van der Waals surface area (Å²) < 4.78 is 5.72. The van der Waals surface area contributed by atoms with Crippen LogP contribution in [0.1, 0.15) is 20.3 Å². The number of hydrogen-bond donors (Lipinski definition) is 1. The zero-order valence-electron chi connectivity index (χ0n) is 12.6. The van der Waals surface area contributed by atoms with E-state index in [2.05, 4.69) is 10.2 Å². The number of halogens is 1. The van der Waals surface area contributed by atoms with Crippen molar-refractivity contribution in [3.8, 4) is 5.75 Å². The fourth-order valence-electron chi connectivity index (χ4n) is 1.65. The lowest BCUT2D eigenvalue weighted by atomic mass is 10.1. The molecule has 0 aliphatic carbocycles. The first-order chi connectivity index (χ1) is 9.31. The second-order valence-electron chi connectivity index (χ2n) is 5.48. The van der Waals surface area contributed by atoms with Crippen molar-refractivity contribution in [2.75, 3.05) is 27.2 Å². The van der Waals surface area contributed by atoms with E-state index in [0.29, 0.717) is 17.3 Å². The monoisotopic (exact) mass is 298 g/mol. The summed E-state index contributed by atoms with van der Waals surface area (Å²) >= 11 is 5.82. The van der Waals surface area contributed by atoms with E-state index in [9.17, 15) is 4.79 Å². The van der Waals surface area contributed by atoms with E-state index in [1.807, 2.05) is 14.1 Å². The van der Waals surface area contributed by atoms with Gasteiger partial charge in [0.2, 0.25) is 0 Å². The SMILES string of the molecule is CN(C)CCCNC(=O)C(C)(C)Oc1ccc(Cl)cc1. The first-order valence-electron chi connectivity index (χ1n) is 6.69. The molecule has 0 saturated carbocycles. The molecule has 5 heteroatoms. The quantitative estimate of drug-likeness (QED) is 0.787. The lowest BCUT2D eigenvalue weighted by molar-refractivity contribution is -0.134. The predicted octanol–water partition coefficient (Wildman–Crippen LogP) is 2.57. The molecule has 112 valence electrons. The van der Waals surface area contributed by atoms with Crippen LogP contribution in [-0.2, 0) is 4.79 Å². The average Bonchev–Trinajstić information content (AvgIpc) is 2.36. The summed E-state index contributed by atoms with van der Waals surface area (Å²) in [5, 5.41) is 3.54. The van der Waals surface area contributed by atoms with Crippen LogP contribution in [0.5, 0.6) is 5.75 Å². The Morgan fingerprint density at radius 2 is 1.90 bits per heavy atom. The molecule has 0 radical (unpaired) electrons. The lowest BCUT2D eigenvalue weighted by Gasteiger charge is -2.25. The molecular formula is C15H23ClN2O2. The molecule has 0 heterocycles. The molecule has 1 aromatic carbocycles. The molecule has 0 unspecified atom stereocenters. The summed E-state index contributed by atoms with van der Waals surface area (Å²) in [4.78, 5) is 14.2. The van der Waals surface area contributed by atoms with E-state index < -0.39 is 5.60 Å². The highest BCUT2D eigenvalue weighted by Gasteiger charge is 2.29. The third kappa shape index (κ3) is 5.80. The van der Waals surface area contributed by atoms with Gasteiger partial charge in [-0.1, -0.05) is 11.6 Å². The number of ether oxygens (including phenoxy) is 1. The minimum atomic E-state index is -0.911. The number of carbonyl (C=O) groups excluding carboxylic acids is 1. The Labute approximate surface area is 126 Å². The van der Waals surface area contributed by atoms with E-state index in [1.54, 1.807) is 38.1 Å². The van der Waals surface area contributed by atoms with Crippen molar-refractivity contribution in [2.24, 2.45) is 0 Å². The molecule has 20 heavy (non-hydrogen) atoms. The largest absolute Gasteiger partial charge is 0.478 e. The van der Waals surface area contributed by atoms with Gasteiger partial charge in [-0.25, -0.2) is 0 Å². The van der Waals surface area contributed by atoms with Crippen molar-refractivity contribution in [2.45, 2.75) is 25.9 Å². The summed E-state index contributed by atoms with van der Waals surface area (Å²) in [6.45, 7) is 5.09. The Balaban J connectivity index is 2.46. The van der Waals surface area contributed by atoms with Crippen LogP contribution < -0.4 is 10.1 Å². The van der Waals surface area contributed by atoms with Crippen LogP contribution in [0.25, 0.3) is 0 Å². The molecule has 1 rings (SSSR count). The van der Waals surface area contributed by atoms with Crippen molar-refractivity contribution < 1.29 is 9.53 Å². The highest BCUT2D eigenvalue weighted by atomic mass is 35.5. The molecule has 0 spiro atoms. The van der Waals surface area contributed by atoms with Crippen LogP contribution in [0.15, 0.2) is 24.3 Å². The van der Waals surface area contributed by atoms with Crippen LogP contribution in [0.3, 0.4) is 0 Å². The van der Waals surface area contributed by atoms with Gasteiger partial charge in [0, 0.05) is 11.6 Å². The maximum atomic E-state index is 12.1. The maximum absolute atomic E-state index is 12.1. The summed E-state index contributed by atoms with van der Waals surface area (Å²) in [5.41, 5.74) is -0.911. The van der Waals surface area contributed by atoms with Gasteiger partial charge in [-0.15, -0.1) is 0 Å². The summed E-state index contributed by atoms with van der Waals surface area (Å²) in [7, 11) is 4.02. The van der Waals surface area contributed by atoms with E-state index in [0.717, 1.165) is 13.0 Å². The van der Waals surface area contributed by atoms with E-state index in [4.69, 9.17) is 16.3 Å². The van der Waals surface area contributed by atoms with Crippen molar-refractivity contribution in [1.82, 2.24) is 10.2 Å². The van der Waals surface area contributed by atoms with Crippen molar-refractivity contribution in [3.63, 3.8) is 0 Å². The second-order valence-corrected chi connectivity index (χ2v) is 5.92. The Hall–Kier alpha value is -1.26. The molecule has 1 N–H and O–H groups in total. The number of rotatable bonds is 7. The van der Waals surface area contributed by atoms with Crippen LogP contribution in [0.4, 0.5) is 0 Å². The molecule has 0 saturated heterocycles. The molecule has 0 atom stereocenters. The fourth-order valence-corrected chi connectivity index (χ4v) is 1.78. The normalized spacial score (nSPS) is 11.5. The molecule has 0 fully saturated rings. The van der Waals surface area contributed by atoms with Gasteiger partial charge in [-0.05, 0) is 65.2 Å². The highest BCUT2D eigenvalue weighted by Crippen LogP contribution is 2.20. The van der Waals surface area contributed by atoms with Gasteiger partial charge in [0.1, 0.15) is 5.75 Å². The van der Waals surface area contributed by atoms with Crippen LogP contribution >= 0.6 is 11.6 Å². The second kappa shape index (κ2) is 7.50. The lowest BCUT2D eigenvalue weighted by Crippen LogP contribution is -2.47. The minimum absolute atomic E-state index is 0.119. The highest BCUT2D eigenvalue weighted by molar-refractivity contribution is 6.30. The third-order valence-electron chi connectivity index (χ3n) is 2.80. The van der Waals surface area contributed by atoms with E-state index in [-0.39, 0.29) is 5.91 Å². The average molecular weight is 299 g/mol. The number of hydrogen-bond acceptors (Lipinski definition) is 3. The number of benzene rings is 1. The van der Waals surface area contributed by atoms with Crippen LogP contribution in [0.2, 0.25) is 5.02 Å². The topological polar surface area (TPSA) is 41.6 Å². The Kier molecular flexibility index (Phi) is 6.30. The zero-order valence-corrected chi connectivity index (χ0v) is 13.3. The summed E-state index contributed by atoms with van der Waals surface area (Å²) in [6, 6.07) is 6.98. The van der Waals surface area contributed by atoms with Gasteiger partial charge >= 0.3 is 0 Å². The molecule has 4 nitrogen and oxygen atoms in total. The number of amides is 1. The summed E-state index contributed by atoms with van der Waals surface area (Å²) in [5.74, 6) is 0.508. The zero-order chi connectivity index (χ0) is 15.2. The van der Waals surface area contributed by atoms with Gasteiger partial charge in [0.25, 0.3) is 5.91 Å². The first-order valence-corrected chi connectivity index (χ1v) is 7.06. The number of nitrogens with one attached hydrogen (secondary N) is 1. The van der Waals surface area contributed by atoms with Gasteiger partial charge < -0.3 is 15.0 Å². The third-order valence-corrected chi connectivity index (χ3v) is 3.05. The Morgan fingerprint density at radius 3 is 2.45 bits per heavy atom. The summed E-state index contributed by atoms with van der Waals surface area (Å²) in [6.07, 6.45) is 0.912. The van der Waals surface area contributed by atoms with E-state index >= 15 is 0 Å². The van der Waals surface area contributed by atoms with Gasteiger partial charge in [-0.2, -0.15) is 0 Å². The minimum Gasteiger partial charge on any atom is -0.478 e. The van der Waals surface area contributed by atoms with Crippen molar-refractivity contribution in [1.29, 1.82) is 0 Å². The molecular weight excluding hydrogens is 276 g/mol. The molecule has 1 aromatic rings. The molecule has 0 aliphatic heterocycles. The predicted molar refractivity (Wildman–Crippen MR) is 82.3 cm³/mol. The standard InChI is InChI=1S/C15H23ClN2O2/c1-15(2,14(19)17-10-5-11-18(3)4)20-13-8-6-12(16)7-9-13/h6-9H,5,10-11H2,1-4H3,(H,17,19). The molecule has 1 amide bonds.